The van der Waals surface area contributed by atoms with E-state index in [9.17, 15) is 18.8 Å². The highest BCUT2D eigenvalue weighted by molar-refractivity contribution is 7.99. The quantitative estimate of drug-likeness (QED) is 0.750. The number of aromatic nitrogens is 3. The maximum absolute atomic E-state index is 14.4. The van der Waals surface area contributed by atoms with Gasteiger partial charge in [0.2, 0.25) is 0 Å². The minimum absolute atomic E-state index is 0.141. The molecule has 0 unspecified atom stereocenters. The zero-order chi connectivity index (χ0) is 18.3. The predicted octanol–water partition coefficient (Wildman–Crippen LogP) is 1.86. The fraction of sp³-hybridized carbons (Fsp3) is 0.333. The second kappa shape index (κ2) is 6.64. The molecule has 0 saturated heterocycles. The van der Waals surface area contributed by atoms with Gasteiger partial charge in [-0.1, -0.05) is 23.4 Å². The molecule has 0 saturated carbocycles. The van der Waals surface area contributed by atoms with Crippen molar-refractivity contribution in [3.63, 3.8) is 0 Å². The van der Waals surface area contributed by atoms with Crippen molar-refractivity contribution in [2.24, 2.45) is 0 Å². The lowest BCUT2D eigenvalue weighted by molar-refractivity contribution is 0.0378. The Kier molecular flexibility index (Phi) is 4.70. The molecule has 0 atom stereocenters. The largest absolute Gasteiger partial charge is 0.459 e. The molecule has 0 spiro atoms. The highest BCUT2D eigenvalue weighted by Gasteiger charge is 2.23. The monoisotopic (exact) mass is 385 g/mol. The Balaban J connectivity index is 2.21. The summed E-state index contributed by atoms with van der Waals surface area (Å²) in [6, 6.07) is 1.90. The zero-order valence-corrected chi connectivity index (χ0v) is 14.9. The lowest BCUT2D eigenvalue weighted by Crippen LogP contribution is -2.40. The maximum Gasteiger partial charge on any atom is 0.358 e. The standard InChI is InChI=1S/C15H13ClFN3O4S/c1-7(2)24-12(21)8-5-11(10(17)6-9(8)16)20-13(22)18-14-19(15(20)23)3-4-25-14/h5-7H,3-4H2,1-2H3. The Labute approximate surface area is 150 Å². The third-order valence-corrected chi connectivity index (χ3v) is 4.69. The number of carbonyl (C=O) groups is 1. The number of hydrogen-bond acceptors (Lipinski definition) is 6. The van der Waals surface area contributed by atoms with E-state index in [0.717, 1.165) is 12.1 Å². The van der Waals surface area contributed by atoms with Gasteiger partial charge in [-0.25, -0.2) is 23.3 Å². The van der Waals surface area contributed by atoms with Gasteiger partial charge in [-0.15, -0.1) is 0 Å². The van der Waals surface area contributed by atoms with Crippen LogP contribution in [0.4, 0.5) is 4.39 Å². The van der Waals surface area contributed by atoms with Gasteiger partial charge in [0.15, 0.2) is 5.16 Å². The molecule has 1 aromatic carbocycles. The highest BCUT2D eigenvalue weighted by Crippen LogP contribution is 2.24. The van der Waals surface area contributed by atoms with Crippen LogP contribution < -0.4 is 11.4 Å². The molecule has 10 heteroatoms. The first-order valence-electron chi connectivity index (χ1n) is 7.36. The molecule has 0 bridgehead atoms. The number of hydrogen-bond donors (Lipinski definition) is 0. The minimum Gasteiger partial charge on any atom is -0.459 e. The number of nitrogens with zero attached hydrogens (tertiary/aromatic N) is 3. The highest BCUT2D eigenvalue weighted by atomic mass is 35.5. The molecule has 2 heterocycles. The lowest BCUT2D eigenvalue weighted by atomic mass is 10.2. The molecule has 0 radical (unpaired) electrons. The van der Waals surface area contributed by atoms with Crippen molar-refractivity contribution in [3.05, 3.63) is 49.5 Å². The average Bonchev–Trinajstić information content (AvgIpc) is 2.96. The van der Waals surface area contributed by atoms with Crippen molar-refractivity contribution in [3.8, 4) is 5.69 Å². The fourth-order valence-electron chi connectivity index (χ4n) is 2.36. The fourth-order valence-corrected chi connectivity index (χ4v) is 3.51. The van der Waals surface area contributed by atoms with E-state index in [1.165, 1.54) is 16.3 Å². The summed E-state index contributed by atoms with van der Waals surface area (Å²) < 4.78 is 21.3. The van der Waals surface area contributed by atoms with Crippen LogP contribution >= 0.6 is 23.4 Å². The van der Waals surface area contributed by atoms with Crippen molar-refractivity contribution in [1.29, 1.82) is 0 Å². The summed E-state index contributed by atoms with van der Waals surface area (Å²) in [5.41, 5.74) is -2.17. The van der Waals surface area contributed by atoms with Crippen LogP contribution in [0.2, 0.25) is 5.02 Å². The molecule has 7 nitrogen and oxygen atoms in total. The summed E-state index contributed by atoms with van der Waals surface area (Å²) in [7, 11) is 0. The molecule has 25 heavy (non-hydrogen) atoms. The third-order valence-electron chi connectivity index (χ3n) is 3.42. The molecule has 1 aliphatic rings. The second-order valence-electron chi connectivity index (χ2n) is 5.53. The number of benzene rings is 1. The topological polar surface area (TPSA) is 83.2 Å². The molecular weight excluding hydrogens is 373 g/mol. The maximum atomic E-state index is 14.4. The van der Waals surface area contributed by atoms with Gasteiger partial charge in [-0.05, 0) is 26.0 Å². The minimum atomic E-state index is -0.921. The number of fused-ring (bicyclic) bond motifs is 1. The van der Waals surface area contributed by atoms with Crippen molar-refractivity contribution in [2.75, 3.05) is 5.75 Å². The Hall–Kier alpha value is -2.13. The molecule has 3 rings (SSSR count). The summed E-state index contributed by atoms with van der Waals surface area (Å²) in [4.78, 5) is 40.6. The normalized spacial score (nSPS) is 13.2. The summed E-state index contributed by atoms with van der Waals surface area (Å²) in [5.74, 6) is -1.10. The van der Waals surface area contributed by atoms with Crippen LogP contribution in [0.1, 0.15) is 24.2 Å². The number of ether oxygens (including phenoxy) is 1. The van der Waals surface area contributed by atoms with Crippen LogP contribution in [-0.2, 0) is 11.3 Å². The first-order chi connectivity index (χ1) is 11.8. The van der Waals surface area contributed by atoms with Crippen LogP contribution in [0.5, 0.6) is 0 Å². The van der Waals surface area contributed by atoms with Crippen LogP contribution in [0, 0.1) is 5.82 Å². The van der Waals surface area contributed by atoms with Gasteiger partial charge in [0.05, 0.1) is 22.4 Å². The SMILES string of the molecule is CC(C)OC(=O)c1cc(-n2c(=O)nc3n(c2=O)CCS3)c(F)cc1Cl. The van der Waals surface area contributed by atoms with E-state index in [1.807, 2.05) is 0 Å². The van der Waals surface area contributed by atoms with Crippen molar-refractivity contribution in [2.45, 2.75) is 31.7 Å². The van der Waals surface area contributed by atoms with E-state index in [0.29, 0.717) is 22.0 Å². The van der Waals surface area contributed by atoms with Gasteiger partial charge in [-0.2, -0.15) is 4.98 Å². The first kappa shape index (κ1) is 17.7. The Morgan fingerprint density at radius 2 is 2.12 bits per heavy atom. The van der Waals surface area contributed by atoms with Crippen molar-refractivity contribution < 1.29 is 13.9 Å². The molecule has 1 aromatic heterocycles. The smallest absolute Gasteiger partial charge is 0.358 e. The summed E-state index contributed by atoms with van der Waals surface area (Å²) >= 11 is 7.18. The van der Waals surface area contributed by atoms with E-state index in [-0.39, 0.29) is 10.6 Å². The van der Waals surface area contributed by atoms with Gasteiger partial charge in [0.25, 0.3) is 0 Å². The summed E-state index contributed by atoms with van der Waals surface area (Å²) in [6.07, 6.45) is -0.413. The van der Waals surface area contributed by atoms with Gasteiger partial charge in [0, 0.05) is 12.3 Å². The van der Waals surface area contributed by atoms with Crippen LogP contribution in [-0.4, -0.2) is 31.9 Å². The van der Waals surface area contributed by atoms with Crippen LogP contribution in [0.3, 0.4) is 0 Å². The van der Waals surface area contributed by atoms with E-state index in [2.05, 4.69) is 4.98 Å². The van der Waals surface area contributed by atoms with Gasteiger partial charge in [-0.3, -0.25) is 4.57 Å². The molecule has 1 aliphatic heterocycles. The van der Waals surface area contributed by atoms with E-state index < -0.39 is 35.0 Å². The molecule has 0 fully saturated rings. The number of halogens is 2. The summed E-state index contributed by atoms with van der Waals surface area (Å²) in [5, 5.41) is 0.116. The zero-order valence-electron chi connectivity index (χ0n) is 13.3. The molecule has 0 amide bonds. The lowest BCUT2D eigenvalue weighted by Gasteiger charge is -2.13. The second-order valence-corrected chi connectivity index (χ2v) is 7.00. The Bertz CT molecular complexity index is 986. The Morgan fingerprint density at radius 3 is 2.80 bits per heavy atom. The molecule has 0 aliphatic carbocycles. The van der Waals surface area contributed by atoms with Gasteiger partial charge < -0.3 is 4.74 Å². The molecular formula is C15H13ClFN3O4S. The van der Waals surface area contributed by atoms with E-state index >= 15 is 0 Å². The van der Waals surface area contributed by atoms with Crippen LogP contribution in [0.25, 0.3) is 5.69 Å². The molecule has 2 aromatic rings. The first-order valence-corrected chi connectivity index (χ1v) is 8.73. The third kappa shape index (κ3) is 3.21. The number of rotatable bonds is 3. The average molecular weight is 386 g/mol. The Morgan fingerprint density at radius 1 is 1.40 bits per heavy atom. The predicted molar refractivity (Wildman–Crippen MR) is 90.3 cm³/mol. The van der Waals surface area contributed by atoms with Crippen molar-refractivity contribution in [1.82, 2.24) is 14.1 Å². The number of thioether (sulfide) groups is 1. The molecule has 0 N–H and O–H groups in total. The van der Waals surface area contributed by atoms with E-state index in [1.54, 1.807) is 13.8 Å². The van der Waals surface area contributed by atoms with Crippen molar-refractivity contribution >= 4 is 29.3 Å². The summed E-state index contributed by atoms with van der Waals surface area (Å²) in [6.45, 7) is 3.66. The number of carbonyl (C=O) groups excluding carboxylic acids is 1. The van der Waals surface area contributed by atoms with E-state index in [4.69, 9.17) is 16.3 Å². The number of esters is 1. The molecule has 132 valence electrons. The van der Waals surface area contributed by atoms with Crippen LogP contribution in [0.15, 0.2) is 26.9 Å². The van der Waals surface area contributed by atoms with Gasteiger partial charge >= 0.3 is 17.3 Å². The van der Waals surface area contributed by atoms with Gasteiger partial charge in [0.1, 0.15) is 5.82 Å².